The van der Waals surface area contributed by atoms with Crippen LogP contribution in [0.1, 0.15) is 51.4 Å². The van der Waals surface area contributed by atoms with Gasteiger partial charge in [-0.25, -0.2) is 0 Å². The standard InChI is InChI=1S/C36H74N4O8/c1-37(13-5-6-14-37)21-31(41)25-45-29-35(47-27-33(43)23-39(3)17-9-10-18-39)36(48-28-34(44)24-40(4)19-11-12-20-40)30-46-26-32(42)22-38(2)15-7-8-16-38/h31-36,41-44H,5-30H2,1-4H3/q+4. The fourth-order valence-corrected chi connectivity index (χ4v) is 9.01. The molecule has 4 aliphatic rings. The topological polar surface area (TPSA) is 118 Å². The van der Waals surface area contributed by atoms with E-state index in [1.165, 1.54) is 51.4 Å². The van der Waals surface area contributed by atoms with Gasteiger partial charge in [-0.2, -0.15) is 0 Å². The van der Waals surface area contributed by atoms with E-state index in [2.05, 4.69) is 28.2 Å². The van der Waals surface area contributed by atoms with Crippen LogP contribution >= 0.6 is 0 Å². The summed E-state index contributed by atoms with van der Waals surface area (Å²) >= 11 is 0. The fourth-order valence-electron chi connectivity index (χ4n) is 9.01. The molecule has 4 fully saturated rings. The summed E-state index contributed by atoms with van der Waals surface area (Å²) < 4.78 is 28.4. The SMILES string of the molecule is C[N+]1(CC(O)COCC(OCC(O)C[N+]2(C)CCCC2)C(COCC(O)C[N+]2(C)CCCC2)OCC(O)C[N+]2(C)CCCC2)CCCC1. The molecule has 6 unspecified atom stereocenters. The predicted molar refractivity (Wildman–Crippen MR) is 185 cm³/mol. The molecule has 0 radical (unpaired) electrons. The van der Waals surface area contributed by atoms with Crippen molar-refractivity contribution in [1.82, 2.24) is 0 Å². The summed E-state index contributed by atoms with van der Waals surface area (Å²) in [5.41, 5.74) is 0. The monoisotopic (exact) mass is 691 g/mol. The van der Waals surface area contributed by atoms with Gasteiger partial charge >= 0.3 is 0 Å². The smallest absolute Gasteiger partial charge is 0.126 e. The predicted octanol–water partition coefficient (Wildman–Crippen LogP) is 0.195. The Balaban J connectivity index is 1.38. The minimum Gasteiger partial charge on any atom is -0.385 e. The van der Waals surface area contributed by atoms with Gasteiger partial charge in [-0.15, -0.1) is 0 Å². The molecule has 0 saturated carbocycles. The van der Waals surface area contributed by atoms with Gasteiger partial charge in [0.15, 0.2) is 0 Å². The van der Waals surface area contributed by atoms with E-state index in [0.29, 0.717) is 26.2 Å². The highest BCUT2D eigenvalue weighted by molar-refractivity contribution is 4.75. The van der Waals surface area contributed by atoms with Crippen LogP contribution in [0.25, 0.3) is 0 Å². The zero-order chi connectivity index (χ0) is 34.7. The van der Waals surface area contributed by atoms with Crippen molar-refractivity contribution in [3.63, 3.8) is 0 Å². The Morgan fingerprint density at radius 1 is 0.375 bits per heavy atom. The largest absolute Gasteiger partial charge is 0.385 e. The second-order valence-electron chi connectivity index (χ2n) is 17.3. The van der Waals surface area contributed by atoms with Crippen molar-refractivity contribution in [2.45, 2.75) is 88.0 Å². The highest BCUT2D eigenvalue weighted by atomic mass is 16.6. The first-order valence-corrected chi connectivity index (χ1v) is 19.2. The van der Waals surface area contributed by atoms with Gasteiger partial charge in [-0.3, -0.25) is 0 Å². The Morgan fingerprint density at radius 2 is 0.604 bits per heavy atom. The third-order valence-corrected chi connectivity index (χ3v) is 11.8. The minimum atomic E-state index is -0.640. The summed E-state index contributed by atoms with van der Waals surface area (Å²) in [4.78, 5) is 0. The number of hydrogen-bond donors (Lipinski definition) is 4. The molecule has 0 aromatic rings. The number of aliphatic hydroxyl groups excluding tert-OH is 4. The molecule has 0 aliphatic carbocycles. The van der Waals surface area contributed by atoms with E-state index < -0.39 is 36.6 Å². The number of likely N-dealkylation sites (N-methyl/N-ethyl adjacent to an activating group) is 4. The van der Waals surface area contributed by atoms with E-state index in [0.717, 1.165) is 70.3 Å². The van der Waals surface area contributed by atoms with Crippen molar-refractivity contribution < 1.29 is 57.3 Å². The highest BCUT2D eigenvalue weighted by Crippen LogP contribution is 2.21. The van der Waals surface area contributed by atoms with Gasteiger partial charge in [-0.1, -0.05) is 0 Å². The number of aliphatic hydroxyl groups is 4. The molecule has 0 aromatic heterocycles. The Bertz CT molecular complexity index is 834. The molecule has 0 bridgehead atoms. The van der Waals surface area contributed by atoms with Gasteiger partial charge in [0.1, 0.15) is 62.8 Å². The van der Waals surface area contributed by atoms with Crippen molar-refractivity contribution >= 4 is 0 Å². The molecule has 12 nitrogen and oxygen atoms in total. The molecule has 12 heteroatoms. The van der Waals surface area contributed by atoms with E-state index >= 15 is 0 Å². The fraction of sp³-hybridized carbons (Fsp3) is 1.00. The van der Waals surface area contributed by atoms with Gasteiger partial charge in [0.05, 0.1) is 120 Å². The minimum absolute atomic E-state index is 0.134. The molecule has 48 heavy (non-hydrogen) atoms. The van der Waals surface area contributed by atoms with Crippen molar-refractivity contribution in [2.75, 3.05) is 146 Å². The van der Waals surface area contributed by atoms with Gasteiger partial charge in [0, 0.05) is 51.4 Å². The van der Waals surface area contributed by atoms with Crippen LogP contribution in [-0.4, -0.2) is 221 Å². The van der Waals surface area contributed by atoms with E-state index in [1.807, 2.05) is 0 Å². The Labute approximate surface area is 291 Å². The molecule has 0 amide bonds. The summed E-state index contributed by atoms with van der Waals surface area (Å²) in [5.74, 6) is 0. The van der Waals surface area contributed by atoms with E-state index in [-0.39, 0.29) is 39.6 Å². The lowest BCUT2D eigenvalue weighted by molar-refractivity contribution is -0.900. The van der Waals surface area contributed by atoms with Crippen LogP contribution in [0.2, 0.25) is 0 Å². The first-order valence-electron chi connectivity index (χ1n) is 19.2. The number of likely N-dealkylation sites (tertiary alicyclic amines) is 4. The molecule has 0 aromatic carbocycles. The molecule has 4 heterocycles. The summed E-state index contributed by atoms with van der Waals surface area (Å²) in [5, 5.41) is 43.8. The summed E-state index contributed by atoms with van der Waals surface area (Å²) in [6.45, 7) is 12.1. The first kappa shape index (κ1) is 40.3. The number of hydrogen-bond acceptors (Lipinski definition) is 8. The van der Waals surface area contributed by atoms with Crippen LogP contribution in [-0.2, 0) is 18.9 Å². The van der Waals surface area contributed by atoms with Crippen LogP contribution in [0.5, 0.6) is 0 Å². The molecule has 4 rings (SSSR count). The zero-order valence-corrected chi connectivity index (χ0v) is 31.1. The lowest BCUT2D eigenvalue weighted by Crippen LogP contribution is -2.50. The van der Waals surface area contributed by atoms with Crippen molar-refractivity contribution in [3.8, 4) is 0 Å². The second kappa shape index (κ2) is 18.8. The lowest BCUT2D eigenvalue weighted by Gasteiger charge is -2.34. The average molecular weight is 691 g/mol. The Morgan fingerprint density at radius 3 is 0.854 bits per heavy atom. The highest BCUT2D eigenvalue weighted by Gasteiger charge is 2.35. The molecular formula is C36H74N4O8+4. The van der Waals surface area contributed by atoms with Gasteiger partial charge in [0.25, 0.3) is 0 Å². The number of nitrogens with zero attached hydrogens (tertiary/aromatic N) is 4. The molecule has 6 atom stereocenters. The van der Waals surface area contributed by atoms with Crippen LogP contribution in [0.15, 0.2) is 0 Å². The van der Waals surface area contributed by atoms with Crippen LogP contribution in [0.3, 0.4) is 0 Å². The van der Waals surface area contributed by atoms with Crippen molar-refractivity contribution in [1.29, 1.82) is 0 Å². The van der Waals surface area contributed by atoms with E-state index in [1.54, 1.807) is 0 Å². The Kier molecular flexibility index (Phi) is 15.8. The third-order valence-electron chi connectivity index (χ3n) is 11.8. The quantitative estimate of drug-likeness (QED) is 0.113. The van der Waals surface area contributed by atoms with Crippen LogP contribution in [0.4, 0.5) is 0 Å². The second-order valence-corrected chi connectivity index (χ2v) is 17.3. The summed E-state index contributed by atoms with van der Waals surface area (Å²) in [6, 6.07) is 0. The first-order chi connectivity index (χ1) is 22.8. The molecular weight excluding hydrogens is 616 g/mol. The van der Waals surface area contributed by atoms with Crippen molar-refractivity contribution in [3.05, 3.63) is 0 Å². The molecule has 4 saturated heterocycles. The lowest BCUT2D eigenvalue weighted by atomic mass is 10.2. The third kappa shape index (κ3) is 13.6. The number of rotatable bonds is 23. The average Bonchev–Trinajstić information content (AvgIpc) is 3.83. The maximum Gasteiger partial charge on any atom is 0.126 e. The normalized spacial score (nSPS) is 26.8. The van der Waals surface area contributed by atoms with Crippen LogP contribution < -0.4 is 0 Å². The zero-order valence-electron chi connectivity index (χ0n) is 31.1. The van der Waals surface area contributed by atoms with E-state index in [9.17, 15) is 20.4 Å². The summed E-state index contributed by atoms with van der Waals surface area (Å²) in [6.07, 6.45) is 5.84. The molecule has 4 aliphatic heterocycles. The number of quaternary nitrogens is 4. The summed E-state index contributed by atoms with van der Waals surface area (Å²) in [7, 11) is 8.79. The van der Waals surface area contributed by atoms with Crippen LogP contribution in [0, 0.1) is 0 Å². The Hall–Kier alpha value is -0.480. The van der Waals surface area contributed by atoms with Crippen molar-refractivity contribution in [2.24, 2.45) is 0 Å². The van der Waals surface area contributed by atoms with E-state index in [4.69, 9.17) is 18.9 Å². The molecule has 0 spiro atoms. The maximum absolute atomic E-state index is 11.0. The van der Waals surface area contributed by atoms with Gasteiger partial charge < -0.3 is 57.3 Å². The number of ether oxygens (including phenoxy) is 4. The molecule has 282 valence electrons. The maximum atomic E-state index is 11.0. The van der Waals surface area contributed by atoms with Gasteiger partial charge in [-0.05, 0) is 0 Å². The van der Waals surface area contributed by atoms with Gasteiger partial charge in [0.2, 0.25) is 0 Å². The molecule has 4 N–H and O–H groups in total.